The lowest BCUT2D eigenvalue weighted by Crippen LogP contribution is -2.09. The third-order valence-corrected chi connectivity index (χ3v) is 2.77. The molecule has 0 fully saturated rings. The van der Waals surface area contributed by atoms with Gasteiger partial charge in [0.15, 0.2) is 0 Å². The largest absolute Gasteiger partial charge is 0.497 e. The number of rotatable bonds is 5. The number of nitrogens with zero attached hydrogens (tertiary/aromatic N) is 2. The van der Waals surface area contributed by atoms with Gasteiger partial charge in [-0.25, -0.2) is 0 Å². The normalized spacial score (nSPS) is 12.5. The fraction of sp³-hybridized carbons (Fsp3) is 0.200. The van der Waals surface area contributed by atoms with Crippen molar-refractivity contribution in [2.75, 3.05) is 13.7 Å². The Morgan fingerprint density at radius 3 is 2.58 bits per heavy atom. The number of methoxy groups -OCH3 is 1. The molecule has 4 nitrogen and oxygen atoms in total. The molecule has 0 aliphatic heterocycles. The molecule has 0 aromatic heterocycles. The lowest BCUT2D eigenvalue weighted by atomic mass is 10.1. The van der Waals surface area contributed by atoms with E-state index in [0.717, 1.165) is 17.0 Å². The van der Waals surface area contributed by atoms with Gasteiger partial charge in [0, 0.05) is 6.54 Å². The molecule has 0 heterocycles. The summed E-state index contributed by atoms with van der Waals surface area (Å²) in [6, 6.07) is 17.2. The van der Waals surface area contributed by atoms with Gasteiger partial charge < -0.3 is 10.5 Å². The van der Waals surface area contributed by atoms with Gasteiger partial charge in [-0.15, -0.1) is 0 Å². The van der Waals surface area contributed by atoms with Crippen molar-refractivity contribution in [2.45, 2.75) is 6.04 Å². The van der Waals surface area contributed by atoms with Crippen molar-refractivity contribution in [1.82, 2.24) is 0 Å². The molecule has 19 heavy (non-hydrogen) atoms. The molecule has 2 N–H and O–H groups in total. The van der Waals surface area contributed by atoms with Crippen LogP contribution in [0.2, 0.25) is 0 Å². The van der Waals surface area contributed by atoms with Crippen LogP contribution in [0, 0.1) is 0 Å². The van der Waals surface area contributed by atoms with Gasteiger partial charge in [0.2, 0.25) is 0 Å². The van der Waals surface area contributed by atoms with Gasteiger partial charge in [-0.3, -0.25) is 0 Å². The first-order valence-electron chi connectivity index (χ1n) is 6.13. The topological polar surface area (TPSA) is 60.0 Å². The van der Waals surface area contributed by atoms with E-state index in [9.17, 15) is 0 Å². The standard InChI is InChI=1S/C15H17N3O/c1-19-14-9-5-6-12(10-14)15(11-16)18-17-13-7-3-2-4-8-13/h2-10,15H,11,16H2,1H3. The minimum Gasteiger partial charge on any atom is -0.497 e. The molecule has 0 saturated carbocycles. The Morgan fingerprint density at radius 2 is 1.89 bits per heavy atom. The highest BCUT2D eigenvalue weighted by molar-refractivity contribution is 5.35. The highest BCUT2D eigenvalue weighted by Gasteiger charge is 2.08. The quantitative estimate of drug-likeness (QED) is 0.831. The van der Waals surface area contributed by atoms with Crippen molar-refractivity contribution in [1.29, 1.82) is 0 Å². The van der Waals surface area contributed by atoms with Crippen LogP contribution in [-0.2, 0) is 0 Å². The Labute approximate surface area is 112 Å². The van der Waals surface area contributed by atoms with Crippen LogP contribution in [0.1, 0.15) is 11.6 Å². The first-order chi connectivity index (χ1) is 9.33. The van der Waals surface area contributed by atoms with Crippen LogP contribution >= 0.6 is 0 Å². The Kier molecular flexibility index (Phi) is 4.64. The first kappa shape index (κ1) is 13.2. The molecule has 0 aliphatic carbocycles. The molecule has 2 rings (SSSR count). The number of hydrogen-bond donors (Lipinski definition) is 1. The van der Waals surface area contributed by atoms with Crippen LogP contribution < -0.4 is 10.5 Å². The summed E-state index contributed by atoms with van der Waals surface area (Å²) in [7, 11) is 1.64. The molecular formula is C15H17N3O. The van der Waals surface area contributed by atoms with Gasteiger partial charge in [0.05, 0.1) is 12.8 Å². The molecular weight excluding hydrogens is 238 g/mol. The lowest BCUT2D eigenvalue weighted by molar-refractivity contribution is 0.414. The Morgan fingerprint density at radius 1 is 1.11 bits per heavy atom. The average molecular weight is 255 g/mol. The number of azo groups is 1. The van der Waals surface area contributed by atoms with Crippen molar-refractivity contribution in [3.63, 3.8) is 0 Å². The summed E-state index contributed by atoms with van der Waals surface area (Å²) >= 11 is 0. The predicted molar refractivity (Wildman–Crippen MR) is 75.7 cm³/mol. The summed E-state index contributed by atoms with van der Waals surface area (Å²) in [6.07, 6.45) is 0. The van der Waals surface area contributed by atoms with Crippen LogP contribution in [0.3, 0.4) is 0 Å². The molecule has 1 unspecified atom stereocenters. The van der Waals surface area contributed by atoms with Crippen LogP contribution in [0.25, 0.3) is 0 Å². The van der Waals surface area contributed by atoms with E-state index in [1.165, 1.54) is 0 Å². The molecule has 0 spiro atoms. The van der Waals surface area contributed by atoms with E-state index < -0.39 is 0 Å². The van der Waals surface area contributed by atoms with E-state index in [0.29, 0.717) is 6.54 Å². The molecule has 98 valence electrons. The summed E-state index contributed by atoms with van der Waals surface area (Å²) in [5, 5.41) is 8.52. The SMILES string of the molecule is COc1cccc(C(CN)N=Nc2ccccc2)c1. The van der Waals surface area contributed by atoms with Gasteiger partial charge in [-0.2, -0.15) is 10.2 Å². The second kappa shape index (κ2) is 6.66. The maximum absolute atomic E-state index is 5.77. The molecule has 4 heteroatoms. The van der Waals surface area contributed by atoms with Crippen LogP contribution in [0.5, 0.6) is 5.75 Å². The summed E-state index contributed by atoms with van der Waals surface area (Å²) < 4.78 is 5.20. The highest BCUT2D eigenvalue weighted by Crippen LogP contribution is 2.23. The van der Waals surface area contributed by atoms with Gasteiger partial charge >= 0.3 is 0 Å². The first-order valence-corrected chi connectivity index (χ1v) is 6.13. The molecule has 0 amide bonds. The molecule has 0 saturated heterocycles. The van der Waals surface area contributed by atoms with E-state index >= 15 is 0 Å². The number of ether oxygens (including phenoxy) is 1. The smallest absolute Gasteiger partial charge is 0.119 e. The van der Waals surface area contributed by atoms with Crippen molar-refractivity contribution in [3.05, 3.63) is 60.2 Å². The van der Waals surface area contributed by atoms with E-state index in [1.54, 1.807) is 7.11 Å². The number of benzene rings is 2. The Balaban J connectivity index is 2.18. The summed E-state index contributed by atoms with van der Waals surface area (Å²) in [5.74, 6) is 0.797. The second-order valence-electron chi connectivity index (χ2n) is 4.08. The Bertz CT molecular complexity index is 540. The van der Waals surface area contributed by atoms with Gasteiger partial charge in [-0.1, -0.05) is 30.3 Å². The maximum Gasteiger partial charge on any atom is 0.119 e. The van der Waals surface area contributed by atoms with E-state index in [1.807, 2.05) is 54.6 Å². The molecule has 0 radical (unpaired) electrons. The van der Waals surface area contributed by atoms with Gasteiger partial charge in [0.25, 0.3) is 0 Å². The molecule has 2 aromatic carbocycles. The summed E-state index contributed by atoms with van der Waals surface area (Å²) in [6.45, 7) is 0.406. The van der Waals surface area contributed by atoms with E-state index in [4.69, 9.17) is 10.5 Å². The van der Waals surface area contributed by atoms with Gasteiger partial charge in [0.1, 0.15) is 11.8 Å². The van der Waals surface area contributed by atoms with Crippen molar-refractivity contribution in [3.8, 4) is 5.75 Å². The monoisotopic (exact) mass is 255 g/mol. The molecule has 0 aliphatic rings. The third-order valence-electron chi connectivity index (χ3n) is 2.77. The van der Waals surface area contributed by atoms with Crippen LogP contribution in [0.15, 0.2) is 64.8 Å². The summed E-state index contributed by atoms with van der Waals surface area (Å²) in [4.78, 5) is 0. The number of nitrogens with two attached hydrogens (primary N) is 1. The minimum atomic E-state index is -0.157. The minimum absolute atomic E-state index is 0.157. The summed E-state index contributed by atoms with van der Waals surface area (Å²) in [5.41, 5.74) is 7.59. The molecule has 1 atom stereocenters. The van der Waals surface area contributed by atoms with Crippen molar-refractivity contribution in [2.24, 2.45) is 16.0 Å². The molecule has 2 aromatic rings. The zero-order chi connectivity index (χ0) is 13.5. The fourth-order valence-electron chi connectivity index (χ4n) is 1.73. The highest BCUT2D eigenvalue weighted by atomic mass is 16.5. The van der Waals surface area contributed by atoms with E-state index in [2.05, 4.69) is 10.2 Å². The third kappa shape index (κ3) is 3.63. The maximum atomic E-state index is 5.77. The second-order valence-corrected chi connectivity index (χ2v) is 4.08. The zero-order valence-corrected chi connectivity index (χ0v) is 10.9. The van der Waals surface area contributed by atoms with Crippen LogP contribution in [-0.4, -0.2) is 13.7 Å². The van der Waals surface area contributed by atoms with Crippen molar-refractivity contribution < 1.29 is 4.74 Å². The predicted octanol–water partition coefficient (Wildman–Crippen LogP) is 3.48. The van der Waals surface area contributed by atoms with Crippen LogP contribution in [0.4, 0.5) is 5.69 Å². The van der Waals surface area contributed by atoms with Crippen molar-refractivity contribution >= 4 is 5.69 Å². The lowest BCUT2D eigenvalue weighted by Gasteiger charge is -2.10. The fourth-order valence-corrected chi connectivity index (χ4v) is 1.73. The van der Waals surface area contributed by atoms with E-state index in [-0.39, 0.29) is 6.04 Å². The zero-order valence-electron chi connectivity index (χ0n) is 10.9. The number of hydrogen-bond acceptors (Lipinski definition) is 4. The Hall–Kier alpha value is -2.20. The average Bonchev–Trinajstić information content (AvgIpc) is 2.49. The molecule has 0 bridgehead atoms. The van der Waals surface area contributed by atoms with Gasteiger partial charge in [-0.05, 0) is 29.8 Å².